The summed E-state index contributed by atoms with van der Waals surface area (Å²) in [7, 11) is 2.15. The lowest BCUT2D eigenvalue weighted by Gasteiger charge is -2.27. The van der Waals surface area contributed by atoms with Gasteiger partial charge in [-0.05, 0) is 45.2 Å². The normalized spacial score (nSPS) is 24.7. The largest absolute Gasteiger partial charge is 0.381 e. The average molecular weight is 293 g/mol. The second kappa shape index (κ2) is 7.36. The summed E-state index contributed by atoms with van der Waals surface area (Å²) in [6, 6.07) is 0. The second-order valence-corrected chi connectivity index (χ2v) is 6.63. The van der Waals surface area contributed by atoms with Crippen molar-refractivity contribution in [1.29, 1.82) is 0 Å². The minimum Gasteiger partial charge on any atom is -0.381 e. The van der Waals surface area contributed by atoms with Crippen LogP contribution in [0.2, 0.25) is 0 Å². The zero-order valence-electron chi connectivity index (χ0n) is 13.1. The highest BCUT2D eigenvalue weighted by molar-refractivity contribution is 4.97. The lowest BCUT2D eigenvalue weighted by molar-refractivity contribution is 0.102. The molecular formula is C16H27N3O2. The smallest absolute Gasteiger partial charge is 0.231 e. The molecule has 1 aromatic heterocycles. The molecule has 2 fully saturated rings. The number of rotatable bonds is 6. The first-order valence-corrected chi connectivity index (χ1v) is 8.40. The predicted octanol–water partition coefficient (Wildman–Crippen LogP) is 2.63. The molecule has 1 atom stereocenters. The fourth-order valence-electron chi connectivity index (χ4n) is 3.49. The van der Waals surface area contributed by atoms with Crippen LogP contribution in [0.3, 0.4) is 0 Å². The number of hydrogen-bond donors (Lipinski definition) is 0. The van der Waals surface area contributed by atoms with Gasteiger partial charge in [-0.15, -0.1) is 0 Å². The molecule has 0 N–H and O–H groups in total. The number of likely N-dealkylation sites (N-methyl/N-ethyl adjacent to an activating group) is 1. The number of likely N-dealkylation sites (tertiary alicyclic amines) is 1. The SMILES string of the molecule is CN1CCCC(c2nc(CCOCC3CCCC3)no2)C1. The minimum atomic E-state index is 0.407. The first-order chi connectivity index (χ1) is 10.3. The van der Waals surface area contributed by atoms with E-state index >= 15 is 0 Å². The number of piperidine rings is 1. The molecule has 3 rings (SSSR count). The van der Waals surface area contributed by atoms with Gasteiger partial charge in [0, 0.05) is 19.6 Å². The number of ether oxygens (including phenoxy) is 1. The molecule has 5 nitrogen and oxygen atoms in total. The first kappa shape index (κ1) is 15.0. The Morgan fingerprint density at radius 2 is 2.10 bits per heavy atom. The molecule has 0 spiro atoms. The van der Waals surface area contributed by atoms with Crippen molar-refractivity contribution in [3.8, 4) is 0 Å². The van der Waals surface area contributed by atoms with E-state index in [1.165, 1.54) is 38.6 Å². The van der Waals surface area contributed by atoms with Crippen molar-refractivity contribution in [1.82, 2.24) is 15.0 Å². The first-order valence-electron chi connectivity index (χ1n) is 8.40. The third kappa shape index (κ3) is 4.27. The maximum atomic E-state index is 5.76. The lowest BCUT2D eigenvalue weighted by atomic mass is 9.98. The zero-order valence-corrected chi connectivity index (χ0v) is 13.1. The van der Waals surface area contributed by atoms with Gasteiger partial charge in [-0.2, -0.15) is 4.98 Å². The van der Waals surface area contributed by atoms with Crippen LogP contribution in [0.1, 0.15) is 56.2 Å². The van der Waals surface area contributed by atoms with Gasteiger partial charge in [-0.25, -0.2) is 0 Å². The van der Waals surface area contributed by atoms with Crippen LogP contribution >= 0.6 is 0 Å². The van der Waals surface area contributed by atoms with Crippen molar-refractivity contribution < 1.29 is 9.26 Å². The number of nitrogens with zero attached hydrogens (tertiary/aromatic N) is 3. The van der Waals surface area contributed by atoms with E-state index < -0.39 is 0 Å². The quantitative estimate of drug-likeness (QED) is 0.755. The summed E-state index contributed by atoms with van der Waals surface area (Å²) in [4.78, 5) is 6.89. The molecule has 2 aliphatic rings. The van der Waals surface area contributed by atoms with Gasteiger partial charge in [0.2, 0.25) is 5.89 Å². The van der Waals surface area contributed by atoms with Gasteiger partial charge >= 0.3 is 0 Å². The third-order valence-electron chi connectivity index (χ3n) is 4.76. The van der Waals surface area contributed by atoms with Crippen molar-refractivity contribution in [2.24, 2.45) is 5.92 Å². The molecule has 1 saturated heterocycles. The fraction of sp³-hybridized carbons (Fsp3) is 0.875. The summed E-state index contributed by atoms with van der Waals surface area (Å²) >= 11 is 0. The van der Waals surface area contributed by atoms with E-state index in [0.717, 1.165) is 43.6 Å². The summed E-state index contributed by atoms with van der Waals surface area (Å²) in [6.07, 6.45) is 8.55. The van der Waals surface area contributed by atoms with Gasteiger partial charge in [0.25, 0.3) is 0 Å². The highest BCUT2D eigenvalue weighted by Crippen LogP contribution is 2.25. The molecule has 0 radical (unpaired) electrons. The highest BCUT2D eigenvalue weighted by Gasteiger charge is 2.24. The lowest BCUT2D eigenvalue weighted by Crippen LogP contribution is -2.30. The van der Waals surface area contributed by atoms with Gasteiger partial charge in [-0.1, -0.05) is 18.0 Å². The van der Waals surface area contributed by atoms with Gasteiger partial charge in [0.05, 0.1) is 12.5 Å². The molecule has 1 saturated carbocycles. The van der Waals surface area contributed by atoms with Crippen LogP contribution in [-0.2, 0) is 11.2 Å². The molecule has 2 heterocycles. The Bertz CT molecular complexity index is 429. The molecule has 0 amide bonds. The second-order valence-electron chi connectivity index (χ2n) is 6.63. The Hall–Kier alpha value is -0.940. The van der Waals surface area contributed by atoms with E-state index in [4.69, 9.17) is 9.26 Å². The molecule has 1 aromatic rings. The van der Waals surface area contributed by atoms with E-state index in [2.05, 4.69) is 22.1 Å². The fourth-order valence-corrected chi connectivity index (χ4v) is 3.49. The molecular weight excluding hydrogens is 266 g/mol. The Balaban J connectivity index is 1.40. The van der Waals surface area contributed by atoms with Crippen LogP contribution in [0.25, 0.3) is 0 Å². The molecule has 21 heavy (non-hydrogen) atoms. The summed E-state index contributed by atoms with van der Waals surface area (Å²) < 4.78 is 11.2. The molecule has 5 heteroatoms. The topological polar surface area (TPSA) is 51.4 Å². The van der Waals surface area contributed by atoms with E-state index in [1.54, 1.807) is 0 Å². The number of hydrogen-bond acceptors (Lipinski definition) is 5. The van der Waals surface area contributed by atoms with Gasteiger partial charge < -0.3 is 14.2 Å². The van der Waals surface area contributed by atoms with Crippen molar-refractivity contribution in [3.63, 3.8) is 0 Å². The van der Waals surface area contributed by atoms with Crippen molar-refractivity contribution in [2.75, 3.05) is 33.4 Å². The van der Waals surface area contributed by atoms with Gasteiger partial charge in [0.15, 0.2) is 5.82 Å². The van der Waals surface area contributed by atoms with Crippen LogP contribution in [-0.4, -0.2) is 48.4 Å². The molecule has 0 bridgehead atoms. The molecule has 1 aliphatic heterocycles. The van der Waals surface area contributed by atoms with E-state index in [-0.39, 0.29) is 0 Å². The van der Waals surface area contributed by atoms with E-state index in [9.17, 15) is 0 Å². The minimum absolute atomic E-state index is 0.407. The van der Waals surface area contributed by atoms with E-state index in [1.807, 2.05) is 0 Å². The highest BCUT2D eigenvalue weighted by atomic mass is 16.5. The van der Waals surface area contributed by atoms with Crippen LogP contribution in [0.15, 0.2) is 4.52 Å². The molecule has 1 aliphatic carbocycles. The van der Waals surface area contributed by atoms with Crippen LogP contribution in [0.5, 0.6) is 0 Å². The average Bonchev–Trinajstić information content (AvgIpc) is 3.15. The van der Waals surface area contributed by atoms with Crippen molar-refractivity contribution in [3.05, 3.63) is 11.7 Å². The van der Waals surface area contributed by atoms with Crippen LogP contribution < -0.4 is 0 Å². The zero-order chi connectivity index (χ0) is 14.5. The molecule has 1 unspecified atom stereocenters. The van der Waals surface area contributed by atoms with Gasteiger partial charge in [-0.3, -0.25) is 0 Å². The Morgan fingerprint density at radius 3 is 2.90 bits per heavy atom. The standard InChI is InChI=1S/C16H27N3O2/c1-19-9-4-7-14(11-19)16-17-15(18-21-16)8-10-20-12-13-5-2-3-6-13/h13-14H,2-12H2,1H3. The maximum Gasteiger partial charge on any atom is 0.231 e. The predicted molar refractivity (Wildman–Crippen MR) is 80.3 cm³/mol. The summed E-state index contributed by atoms with van der Waals surface area (Å²) in [6.45, 7) is 3.81. The Kier molecular flexibility index (Phi) is 5.25. The Labute approximate surface area is 127 Å². The van der Waals surface area contributed by atoms with E-state index in [0.29, 0.717) is 12.5 Å². The molecule has 118 valence electrons. The van der Waals surface area contributed by atoms with Crippen molar-refractivity contribution >= 4 is 0 Å². The maximum absolute atomic E-state index is 5.76. The molecule has 0 aromatic carbocycles. The number of aromatic nitrogens is 2. The summed E-state index contributed by atoms with van der Waals surface area (Å²) in [5, 5.41) is 4.10. The summed E-state index contributed by atoms with van der Waals surface area (Å²) in [5.74, 6) is 2.80. The van der Waals surface area contributed by atoms with Crippen molar-refractivity contribution in [2.45, 2.75) is 50.9 Å². The van der Waals surface area contributed by atoms with Crippen LogP contribution in [0, 0.1) is 5.92 Å². The van der Waals surface area contributed by atoms with Gasteiger partial charge in [0.1, 0.15) is 0 Å². The third-order valence-corrected chi connectivity index (χ3v) is 4.76. The summed E-state index contributed by atoms with van der Waals surface area (Å²) in [5.41, 5.74) is 0. The van der Waals surface area contributed by atoms with Crippen LogP contribution in [0.4, 0.5) is 0 Å². The Morgan fingerprint density at radius 1 is 1.24 bits per heavy atom. The monoisotopic (exact) mass is 293 g/mol.